The van der Waals surface area contributed by atoms with Gasteiger partial charge in [0.05, 0.1) is 24.4 Å². The van der Waals surface area contributed by atoms with E-state index in [-0.39, 0.29) is 24.5 Å². The van der Waals surface area contributed by atoms with Gasteiger partial charge in [0.2, 0.25) is 0 Å². The summed E-state index contributed by atoms with van der Waals surface area (Å²) < 4.78 is 5.12. The van der Waals surface area contributed by atoms with E-state index in [9.17, 15) is 20.1 Å². The summed E-state index contributed by atoms with van der Waals surface area (Å²) in [6.07, 6.45) is 0.285. The Hall–Kier alpha value is -0.910. The van der Waals surface area contributed by atoms with Crippen molar-refractivity contribution in [2.24, 2.45) is 16.7 Å². The Morgan fingerprint density at radius 3 is 2.70 bits per heavy atom. The topological polar surface area (TPSA) is 87.0 Å². The number of esters is 1. The molecular formula is C15H22O5. The molecule has 0 spiro atoms. The number of cyclic esters (lactones) is 1. The third-order valence-electron chi connectivity index (χ3n) is 5.98. The van der Waals surface area contributed by atoms with Crippen molar-refractivity contribution < 1.29 is 24.9 Å². The molecule has 0 amide bonds. The molecule has 0 bridgehead atoms. The fraction of sp³-hybridized carbons (Fsp3) is 0.800. The molecule has 0 aromatic carbocycles. The lowest BCUT2D eigenvalue weighted by Gasteiger charge is -2.56. The number of aliphatic hydroxyl groups is 3. The molecule has 5 heteroatoms. The van der Waals surface area contributed by atoms with Crippen LogP contribution < -0.4 is 0 Å². The van der Waals surface area contributed by atoms with Crippen LogP contribution in [0.2, 0.25) is 0 Å². The van der Waals surface area contributed by atoms with Crippen LogP contribution in [0.25, 0.3) is 0 Å². The first kappa shape index (κ1) is 14.0. The van der Waals surface area contributed by atoms with Gasteiger partial charge in [-0.1, -0.05) is 13.8 Å². The van der Waals surface area contributed by atoms with Crippen molar-refractivity contribution in [3.05, 3.63) is 11.1 Å². The molecule has 0 unspecified atom stereocenters. The Labute approximate surface area is 118 Å². The predicted octanol–water partition coefficient (Wildman–Crippen LogP) is 0.380. The number of hydrogen-bond acceptors (Lipinski definition) is 5. The number of carbonyl (C=O) groups is 1. The van der Waals surface area contributed by atoms with E-state index in [2.05, 4.69) is 6.92 Å². The Bertz CT molecular complexity index is 485. The van der Waals surface area contributed by atoms with Crippen LogP contribution in [0, 0.1) is 16.7 Å². The molecular weight excluding hydrogens is 260 g/mol. The molecule has 5 atom stereocenters. The van der Waals surface area contributed by atoms with Crippen LogP contribution in [-0.2, 0) is 9.53 Å². The molecule has 3 N–H and O–H groups in total. The first-order valence-corrected chi connectivity index (χ1v) is 7.22. The Morgan fingerprint density at radius 1 is 1.35 bits per heavy atom. The number of aliphatic hydroxyl groups excluding tert-OH is 3. The minimum absolute atomic E-state index is 0.0630. The molecule has 112 valence electrons. The number of ether oxygens (including phenoxy) is 1. The number of fused-ring (bicyclic) bond motifs is 2. The normalized spacial score (nSPS) is 47.9. The zero-order chi connectivity index (χ0) is 14.7. The van der Waals surface area contributed by atoms with Gasteiger partial charge >= 0.3 is 5.97 Å². The van der Waals surface area contributed by atoms with Crippen molar-refractivity contribution in [2.45, 2.75) is 45.3 Å². The maximum absolute atomic E-state index is 11.8. The van der Waals surface area contributed by atoms with E-state index in [4.69, 9.17) is 4.74 Å². The van der Waals surface area contributed by atoms with Crippen LogP contribution in [0.1, 0.15) is 33.1 Å². The van der Waals surface area contributed by atoms with Gasteiger partial charge in [-0.2, -0.15) is 0 Å². The lowest BCUT2D eigenvalue weighted by atomic mass is 9.49. The van der Waals surface area contributed by atoms with Crippen LogP contribution in [0.15, 0.2) is 11.1 Å². The lowest BCUT2D eigenvalue weighted by molar-refractivity contribution is -0.137. The highest BCUT2D eigenvalue weighted by atomic mass is 16.5. The van der Waals surface area contributed by atoms with E-state index >= 15 is 0 Å². The second-order valence-corrected chi connectivity index (χ2v) is 6.91. The molecule has 3 aliphatic rings. The molecule has 0 saturated heterocycles. The fourth-order valence-electron chi connectivity index (χ4n) is 4.57. The third-order valence-corrected chi connectivity index (χ3v) is 5.98. The number of carbonyl (C=O) groups excluding carboxylic acids is 1. The van der Waals surface area contributed by atoms with Gasteiger partial charge in [-0.15, -0.1) is 0 Å². The van der Waals surface area contributed by atoms with Crippen molar-refractivity contribution in [3.8, 4) is 0 Å². The number of rotatable bonds is 1. The minimum Gasteiger partial charge on any atom is -0.458 e. The maximum atomic E-state index is 11.8. The van der Waals surface area contributed by atoms with E-state index < -0.39 is 23.6 Å². The summed E-state index contributed by atoms with van der Waals surface area (Å²) in [5.74, 6) is -0.476. The minimum atomic E-state index is -0.853. The molecule has 1 heterocycles. The summed E-state index contributed by atoms with van der Waals surface area (Å²) in [5.41, 5.74) is 0.341. The van der Waals surface area contributed by atoms with Gasteiger partial charge in [-0.3, -0.25) is 0 Å². The second kappa shape index (κ2) is 4.29. The summed E-state index contributed by atoms with van der Waals surface area (Å²) in [4.78, 5) is 11.8. The van der Waals surface area contributed by atoms with E-state index in [0.29, 0.717) is 18.4 Å². The molecule has 5 nitrogen and oxygen atoms in total. The van der Waals surface area contributed by atoms with Gasteiger partial charge in [-0.05, 0) is 36.2 Å². The standard InChI is InChI=1S/C15H22O5/c1-14-4-3-11(18)15(2,7-16)10(14)5-9(17)12-8(14)6-20-13(12)19/h9-11,16-18H,3-7H2,1-2H3/t9-,10-,11+,14-,15-/m1/s1. The van der Waals surface area contributed by atoms with Crippen LogP contribution in [-0.4, -0.2) is 46.7 Å². The molecule has 3 rings (SSSR count). The molecule has 0 aromatic rings. The summed E-state index contributed by atoms with van der Waals surface area (Å²) in [7, 11) is 0. The molecule has 1 fully saturated rings. The van der Waals surface area contributed by atoms with Crippen molar-refractivity contribution in [2.75, 3.05) is 13.2 Å². The monoisotopic (exact) mass is 282 g/mol. The Kier molecular flexibility index (Phi) is 3.01. The third kappa shape index (κ3) is 1.57. The van der Waals surface area contributed by atoms with E-state index in [1.54, 1.807) is 0 Å². The van der Waals surface area contributed by atoms with Crippen molar-refractivity contribution >= 4 is 5.97 Å². The predicted molar refractivity (Wildman–Crippen MR) is 70.6 cm³/mol. The largest absolute Gasteiger partial charge is 0.458 e. The van der Waals surface area contributed by atoms with Crippen LogP contribution in [0.4, 0.5) is 0 Å². The molecule has 2 aliphatic carbocycles. The lowest BCUT2D eigenvalue weighted by Crippen LogP contribution is -2.57. The first-order valence-electron chi connectivity index (χ1n) is 7.22. The highest BCUT2D eigenvalue weighted by Gasteiger charge is 2.59. The second-order valence-electron chi connectivity index (χ2n) is 6.91. The zero-order valence-corrected chi connectivity index (χ0v) is 11.9. The van der Waals surface area contributed by atoms with E-state index in [0.717, 1.165) is 12.0 Å². The van der Waals surface area contributed by atoms with E-state index in [1.165, 1.54) is 0 Å². The van der Waals surface area contributed by atoms with Crippen molar-refractivity contribution in [1.29, 1.82) is 0 Å². The zero-order valence-electron chi connectivity index (χ0n) is 11.9. The quantitative estimate of drug-likeness (QED) is 0.605. The van der Waals surface area contributed by atoms with Crippen molar-refractivity contribution in [3.63, 3.8) is 0 Å². The smallest absolute Gasteiger partial charge is 0.337 e. The summed E-state index contributed by atoms with van der Waals surface area (Å²) in [5, 5.41) is 30.4. The molecule has 1 aliphatic heterocycles. The highest BCUT2D eigenvalue weighted by Crippen LogP contribution is 2.60. The summed E-state index contributed by atoms with van der Waals surface area (Å²) >= 11 is 0. The molecule has 1 saturated carbocycles. The molecule has 20 heavy (non-hydrogen) atoms. The van der Waals surface area contributed by atoms with Crippen molar-refractivity contribution in [1.82, 2.24) is 0 Å². The highest BCUT2D eigenvalue weighted by molar-refractivity contribution is 5.93. The average Bonchev–Trinajstić information content (AvgIpc) is 2.81. The van der Waals surface area contributed by atoms with Gasteiger partial charge in [0.15, 0.2) is 0 Å². The van der Waals surface area contributed by atoms with Gasteiger partial charge in [0.1, 0.15) is 6.61 Å². The summed E-state index contributed by atoms with van der Waals surface area (Å²) in [6, 6.07) is 0. The summed E-state index contributed by atoms with van der Waals surface area (Å²) in [6.45, 7) is 4.05. The van der Waals surface area contributed by atoms with Gasteiger partial charge < -0.3 is 20.1 Å². The first-order chi connectivity index (χ1) is 9.34. The van der Waals surface area contributed by atoms with E-state index in [1.807, 2.05) is 6.92 Å². The van der Waals surface area contributed by atoms with Gasteiger partial charge in [0, 0.05) is 5.41 Å². The van der Waals surface area contributed by atoms with Crippen LogP contribution in [0.3, 0.4) is 0 Å². The number of hydrogen-bond donors (Lipinski definition) is 3. The van der Waals surface area contributed by atoms with Crippen LogP contribution >= 0.6 is 0 Å². The van der Waals surface area contributed by atoms with Gasteiger partial charge in [-0.25, -0.2) is 4.79 Å². The van der Waals surface area contributed by atoms with Crippen LogP contribution in [0.5, 0.6) is 0 Å². The Morgan fingerprint density at radius 2 is 2.05 bits per heavy atom. The fourth-order valence-corrected chi connectivity index (χ4v) is 4.57. The Balaban J connectivity index is 2.11. The molecule has 0 radical (unpaired) electrons. The maximum Gasteiger partial charge on any atom is 0.337 e. The van der Waals surface area contributed by atoms with Gasteiger partial charge in [0.25, 0.3) is 0 Å². The average molecular weight is 282 g/mol. The molecule has 0 aromatic heterocycles. The SMILES string of the molecule is C[C@]1(CO)[C@@H](O)CC[C@]2(C)C3=C(C(=O)OC3)[C@H](O)C[C@@H]12.